The van der Waals surface area contributed by atoms with Crippen LogP contribution in [0.3, 0.4) is 0 Å². The van der Waals surface area contributed by atoms with E-state index in [1.54, 1.807) is 12.1 Å². The minimum atomic E-state index is -0.866. The van der Waals surface area contributed by atoms with Gasteiger partial charge in [0.05, 0.1) is 6.04 Å². The first-order valence-corrected chi connectivity index (χ1v) is 7.08. The quantitative estimate of drug-likeness (QED) is 0.818. The normalized spacial score (nSPS) is 17.8. The summed E-state index contributed by atoms with van der Waals surface area (Å²) in [6, 6.07) is 8.92. The standard InChI is InChI=1S/C17H14F3NO/c18-12-8-6-11(7-9-12)15-5-2-10-21(15)17(22)16-13(19)3-1-4-14(16)20/h1,3-4,6-9,15H,2,5,10H2. The number of hydrogen-bond donors (Lipinski definition) is 0. The van der Waals surface area contributed by atoms with Crippen LogP contribution in [-0.4, -0.2) is 17.4 Å². The minimum absolute atomic E-state index is 0.285. The van der Waals surface area contributed by atoms with E-state index in [1.165, 1.54) is 23.1 Å². The molecule has 2 aromatic carbocycles. The van der Waals surface area contributed by atoms with E-state index >= 15 is 0 Å². The van der Waals surface area contributed by atoms with Crippen molar-refractivity contribution in [3.8, 4) is 0 Å². The van der Waals surface area contributed by atoms with Gasteiger partial charge in [-0.3, -0.25) is 4.79 Å². The van der Waals surface area contributed by atoms with Gasteiger partial charge in [0.25, 0.3) is 5.91 Å². The molecule has 22 heavy (non-hydrogen) atoms. The van der Waals surface area contributed by atoms with Gasteiger partial charge in [-0.2, -0.15) is 0 Å². The van der Waals surface area contributed by atoms with Crippen molar-refractivity contribution in [3.63, 3.8) is 0 Å². The highest BCUT2D eigenvalue weighted by Crippen LogP contribution is 2.33. The summed E-state index contributed by atoms with van der Waals surface area (Å²) in [5.41, 5.74) is 0.237. The van der Waals surface area contributed by atoms with E-state index in [0.29, 0.717) is 13.0 Å². The second-order valence-corrected chi connectivity index (χ2v) is 5.30. The van der Waals surface area contributed by atoms with Crippen molar-refractivity contribution in [3.05, 3.63) is 71.0 Å². The molecule has 1 atom stereocenters. The lowest BCUT2D eigenvalue weighted by Crippen LogP contribution is -2.32. The molecule has 0 spiro atoms. The number of benzene rings is 2. The van der Waals surface area contributed by atoms with Crippen LogP contribution in [0.15, 0.2) is 42.5 Å². The first-order valence-electron chi connectivity index (χ1n) is 7.08. The zero-order valence-electron chi connectivity index (χ0n) is 11.7. The summed E-state index contributed by atoms with van der Waals surface area (Å²) in [6.45, 7) is 0.425. The van der Waals surface area contributed by atoms with Gasteiger partial charge in [-0.25, -0.2) is 13.2 Å². The summed E-state index contributed by atoms with van der Waals surface area (Å²) in [7, 11) is 0. The van der Waals surface area contributed by atoms with Gasteiger partial charge in [0, 0.05) is 6.54 Å². The summed E-state index contributed by atoms with van der Waals surface area (Å²) in [5.74, 6) is -2.76. The Balaban J connectivity index is 1.93. The molecule has 0 bridgehead atoms. The lowest BCUT2D eigenvalue weighted by Gasteiger charge is -2.25. The van der Waals surface area contributed by atoms with Gasteiger partial charge in [-0.05, 0) is 42.7 Å². The number of rotatable bonds is 2. The molecule has 1 aliphatic heterocycles. The molecule has 1 fully saturated rings. The molecular formula is C17H14F3NO. The molecule has 1 amide bonds. The van der Waals surface area contributed by atoms with Gasteiger partial charge in [0.2, 0.25) is 0 Å². The van der Waals surface area contributed by atoms with Gasteiger partial charge in [-0.1, -0.05) is 18.2 Å². The van der Waals surface area contributed by atoms with Crippen LogP contribution >= 0.6 is 0 Å². The lowest BCUT2D eigenvalue weighted by atomic mass is 10.0. The number of likely N-dealkylation sites (tertiary alicyclic amines) is 1. The third-order valence-corrected chi connectivity index (χ3v) is 3.95. The molecule has 2 nitrogen and oxygen atoms in total. The molecule has 1 saturated heterocycles. The SMILES string of the molecule is O=C(c1c(F)cccc1F)N1CCCC1c1ccc(F)cc1. The van der Waals surface area contributed by atoms with Crippen LogP contribution in [0.1, 0.15) is 34.8 Å². The topological polar surface area (TPSA) is 20.3 Å². The summed E-state index contributed by atoms with van der Waals surface area (Å²) in [6.07, 6.45) is 1.43. The molecule has 1 unspecified atom stereocenters. The van der Waals surface area contributed by atoms with Crippen molar-refractivity contribution in [2.45, 2.75) is 18.9 Å². The van der Waals surface area contributed by atoms with Gasteiger partial charge in [0.15, 0.2) is 0 Å². The molecule has 5 heteroatoms. The van der Waals surface area contributed by atoms with Crippen molar-refractivity contribution in [1.29, 1.82) is 0 Å². The number of amides is 1. The van der Waals surface area contributed by atoms with Gasteiger partial charge < -0.3 is 4.90 Å². The first-order chi connectivity index (χ1) is 10.6. The second-order valence-electron chi connectivity index (χ2n) is 5.30. The molecule has 0 radical (unpaired) electrons. The molecule has 2 aromatic rings. The molecule has 3 rings (SSSR count). The van der Waals surface area contributed by atoms with Gasteiger partial charge in [0.1, 0.15) is 23.0 Å². The fraction of sp³-hybridized carbons (Fsp3) is 0.235. The molecule has 0 aromatic heterocycles. The zero-order valence-corrected chi connectivity index (χ0v) is 11.7. The summed E-state index contributed by atoms with van der Waals surface area (Å²) in [4.78, 5) is 14.0. The highest BCUT2D eigenvalue weighted by atomic mass is 19.1. The number of halogens is 3. The number of nitrogens with zero attached hydrogens (tertiary/aromatic N) is 1. The average Bonchev–Trinajstić information content (AvgIpc) is 2.97. The predicted octanol–water partition coefficient (Wildman–Crippen LogP) is 4.08. The Bertz CT molecular complexity index is 679. The fourth-order valence-corrected chi connectivity index (χ4v) is 2.89. The molecular weight excluding hydrogens is 291 g/mol. The van der Waals surface area contributed by atoms with Crippen LogP contribution in [0.4, 0.5) is 13.2 Å². The van der Waals surface area contributed by atoms with Crippen LogP contribution in [0.5, 0.6) is 0 Å². The van der Waals surface area contributed by atoms with E-state index in [0.717, 1.165) is 24.1 Å². The maximum absolute atomic E-state index is 13.8. The first kappa shape index (κ1) is 14.6. The van der Waals surface area contributed by atoms with E-state index in [1.807, 2.05) is 0 Å². The Labute approximate surface area is 126 Å². The molecule has 1 heterocycles. The monoisotopic (exact) mass is 305 g/mol. The molecule has 0 aliphatic carbocycles. The average molecular weight is 305 g/mol. The second kappa shape index (κ2) is 5.83. The number of hydrogen-bond acceptors (Lipinski definition) is 1. The maximum atomic E-state index is 13.8. The summed E-state index contributed by atoms with van der Waals surface area (Å²) >= 11 is 0. The van der Waals surface area contributed by atoms with Crippen LogP contribution in [-0.2, 0) is 0 Å². The molecule has 0 saturated carbocycles. The molecule has 0 N–H and O–H groups in total. The Morgan fingerprint density at radius 1 is 1.00 bits per heavy atom. The fourth-order valence-electron chi connectivity index (χ4n) is 2.89. The Morgan fingerprint density at radius 2 is 1.64 bits per heavy atom. The Hall–Kier alpha value is -2.30. The molecule has 114 valence electrons. The highest BCUT2D eigenvalue weighted by molar-refractivity contribution is 5.95. The van der Waals surface area contributed by atoms with Gasteiger partial charge >= 0.3 is 0 Å². The van der Waals surface area contributed by atoms with Crippen LogP contribution in [0.2, 0.25) is 0 Å². The largest absolute Gasteiger partial charge is 0.331 e. The highest BCUT2D eigenvalue weighted by Gasteiger charge is 2.33. The number of carbonyl (C=O) groups is 1. The van der Waals surface area contributed by atoms with E-state index in [-0.39, 0.29) is 11.9 Å². The van der Waals surface area contributed by atoms with Crippen molar-refractivity contribution in [2.24, 2.45) is 0 Å². The molecule has 1 aliphatic rings. The third kappa shape index (κ3) is 2.58. The Morgan fingerprint density at radius 3 is 2.27 bits per heavy atom. The van der Waals surface area contributed by atoms with E-state index in [2.05, 4.69) is 0 Å². The summed E-state index contributed by atoms with van der Waals surface area (Å²) < 4.78 is 40.6. The van der Waals surface area contributed by atoms with Crippen LogP contribution < -0.4 is 0 Å². The minimum Gasteiger partial charge on any atom is -0.331 e. The van der Waals surface area contributed by atoms with Gasteiger partial charge in [-0.15, -0.1) is 0 Å². The maximum Gasteiger partial charge on any atom is 0.260 e. The zero-order chi connectivity index (χ0) is 15.7. The van der Waals surface area contributed by atoms with E-state index < -0.39 is 23.1 Å². The van der Waals surface area contributed by atoms with Crippen molar-refractivity contribution in [2.75, 3.05) is 6.54 Å². The van der Waals surface area contributed by atoms with Crippen LogP contribution in [0.25, 0.3) is 0 Å². The predicted molar refractivity (Wildman–Crippen MR) is 75.8 cm³/mol. The summed E-state index contributed by atoms with van der Waals surface area (Å²) in [5, 5.41) is 0. The van der Waals surface area contributed by atoms with Crippen molar-refractivity contribution in [1.82, 2.24) is 4.90 Å². The van der Waals surface area contributed by atoms with E-state index in [4.69, 9.17) is 0 Å². The smallest absolute Gasteiger partial charge is 0.260 e. The van der Waals surface area contributed by atoms with Crippen LogP contribution in [0, 0.1) is 17.5 Å². The third-order valence-electron chi connectivity index (χ3n) is 3.95. The Kier molecular flexibility index (Phi) is 3.88. The van der Waals surface area contributed by atoms with Crippen molar-refractivity contribution >= 4 is 5.91 Å². The van der Waals surface area contributed by atoms with Crippen molar-refractivity contribution < 1.29 is 18.0 Å². The lowest BCUT2D eigenvalue weighted by molar-refractivity contribution is 0.0725. The number of carbonyl (C=O) groups excluding carboxylic acids is 1. The van der Waals surface area contributed by atoms with E-state index in [9.17, 15) is 18.0 Å².